The van der Waals surface area contributed by atoms with Gasteiger partial charge in [-0.15, -0.1) is 11.6 Å². The van der Waals surface area contributed by atoms with Gasteiger partial charge in [-0.25, -0.2) is 4.39 Å². The molecule has 0 fully saturated rings. The summed E-state index contributed by atoms with van der Waals surface area (Å²) in [7, 11) is 1.45. The Morgan fingerprint density at radius 1 is 1.53 bits per heavy atom. The van der Waals surface area contributed by atoms with Gasteiger partial charge >= 0.3 is 0 Å². The molecule has 0 amide bonds. The maximum absolute atomic E-state index is 13.9. The van der Waals surface area contributed by atoms with Crippen molar-refractivity contribution in [2.45, 2.75) is 25.3 Å². The molecule has 0 aliphatic carbocycles. The highest BCUT2D eigenvalue weighted by Gasteiger charge is 2.13. The van der Waals surface area contributed by atoms with Crippen molar-refractivity contribution >= 4 is 11.6 Å². The minimum Gasteiger partial charge on any atom is -0.494 e. The molecule has 1 unspecified atom stereocenters. The van der Waals surface area contributed by atoms with E-state index in [4.69, 9.17) is 22.2 Å². The summed E-state index contributed by atoms with van der Waals surface area (Å²) >= 11 is 5.62. The molecule has 3 N–H and O–H groups in total. The summed E-state index contributed by atoms with van der Waals surface area (Å²) in [6.07, 6.45) is 2.19. The minimum absolute atomic E-state index is 0.0235. The molecule has 0 heterocycles. The summed E-state index contributed by atoms with van der Waals surface area (Å²) in [5, 5.41) is 0. The van der Waals surface area contributed by atoms with Crippen LogP contribution in [0.1, 0.15) is 18.4 Å². The summed E-state index contributed by atoms with van der Waals surface area (Å²) in [5.74, 6) is 5.96. The third-order valence-corrected chi connectivity index (χ3v) is 2.92. The van der Waals surface area contributed by atoms with E-state index in [0.29, 0.717) is 17.9 Å². The molecule has 1 aromatic rings. The van der Waals surface area contributed by atoms with Gasteiger partial charge in [0.15, 0.2) is 11.6 Å². The lowest BCUT2D eigenvalue weighted by Crippen LogP contribution is -2.37. The highest BCUT2D eigenvalue weighted by molar-refractivity contribution is 6.17. The van der Waals surface area contributed by atoms with Crippen LogP contribution >= 0.6 is 11.6 Å². The van der Waals surface area contributed by atoms with Gasteiger partial charge in [-0.05, 0) is 30.9 Å². The molecule has 3 nitrogen and oxygen atoms in total. The third-order valence-electron chi connectivity index (χ3n) is 2.65. The van der Waals surface area contributed by atoms with Gasteiger partial charge in [-0.2, -0.15) is 0 Å². The summed E-state index contributed by atoms with van der Waals surface area (Å²) in [6.45, 7) is 0. The molecule has 0 radical (unpaired) electrons. The van der Waals surface area contributed by atoms with E-state index in [2.05, 4.69) is 5.43 Å². The molecule has 17 heavy (non-hydrogen) atoms. The van der Waals surface area contributed by atoms with Gasteiger partial charge in [-0.3, -0.25) is 11.3 Å². The van der Waals surface area contributed by atoms with Gasteiger partial charge in [0.05, 0.1) is 7.11 Å². The molecule has 0 aliphatic rings. The van der Waals surface area contributed by atoms with Crippen molar-refractivity contribution in [2.24, 2.45) is 5.84 Å². The average molecular weight is 261 g/mol. The fourth-order valence-corrected chi connectivity index (χ4v) is 1.86. The number of alkyl halides is 1. The maximum atomic E-state index is 13.9. The quantitative estimate of drug-likeness (QED) is 0.449. The van der Waals surface area contributed by atoms with E-state index < -0.39 is 0 Å². The minimum atomic E-state index is -0.318. The van der Waals surface area contributed by atoms with Crippen LogP contribution in [0.5, 0.6) is 5.75 Å². The molecular formula is C12H18ClFN2O. The van der Waals surface area contributed by atoms with E-state index in [9.17, 15) is 4.39 Å². The smallest absolute Gasteiger partial charge is 0.168 e. The van der Waals surface area contributed by atoms with Crippen molar-refractivity contribution in [2.75, 3.05) is 13.0 Å². The molecule has 0 aliphatic heterocycles. The molecule has 5 heteroatoms. The van der Waals surface area contributed by atoms with Crippen molar-refractivity contribution in [1.82, 2.24) is 5.43 Å². The number of methoxy groups -OCH3 is 1. The number of hydrogen-bond acceptors (Lipinski definition) is 3. The fourth-order valence-electron chi connectivity index (χ4n) is 1.70. The van der Waals surface area contributed by atoms with Crippen LogP contribution in [0.2, 0.25) is 0 Å². The summed E-state index contributed by atoms with van der Waals surface area (Å²) in [6, 6.07) is 5.13. The number of hydrogen-bond donors (Lipinski definition) is 2. The number of hydrazine groups is 1. The SMILES string of the molecule is COc1cccc(CC(CCCCl)NN)c1F. The third kappa shape index (κ3) is 4.15. The summed E-state index contributed by atoms with van der Waals surface area (Å²) < 4.78 is 18.8. The molecular weight excluding hydrogens is 243 g/mol. The van der Waals surface area contributed by atoms with Crippen LogP contribution in [0.3, 0.4) is 0 Å². The summed E-state index contributed by atoms with van der Waals surface area (Å²) in [4.78, 5) is 0. The molecule has 0 aromatic heterocycles. The van der Waals surface area contributed by atoms with Gasteiger partial charge in [0, 0.05) is 11.9 Å². The first-order valence-electron chi connectivity index (χ1n) is 5.56. The van der Waals surface area contributed by atoms with Gasteiger partial charge in [0.25, 0.3) is 0 Å². The molecule has 1 atom stereocenters. The molecule has 0 bridgehead atoms. The fraction of sp³-hybridized carbons (Fsp3) is 0.500. The van der Waals surface area contributed by atoms with E-state index in [1.165, 1.54) is 7.11 Å². The van der Waals surface area contributed by atoms with Gasteiger partial charge in [-0.1, -0.05) is 12.1 Å². The molecule has 0 spiro atoms. The predicted octanol–water partition coefficient (Wildman–Crippen LogP) is 2.23. The molecule has 1 rings (SSSR count). The zero-order chi connectivity index (χ0) is 12.7. The predicted molar refractivity (Wildman–Crippen MR) is 67.7 cm³/mol. The Morgan fingerprint density at radius 3 is 2.88 bits per heavy atom. The van der Waals surface area contributed by atoms with E-state index in [1.54, 1.807) is 18.2 Å². The highest BCUT2D eigenvalue weighted by Crippen LogP contribution is 2.21. The van der Waals surface area contributed by atoms with E-state index in [1.807, 2.05) is 0 Å². The van der Waals surface area contributed by atoms with Gasteiger partial charge < -0.3 is 4.74 Å². The van der Waals surface area contributed by atoms with Crippen LogP contribution in [-0.4, -0.2) is 19.0 Å². The highest BCUT2D eigenvalue weighted by atomic mass is 35.5. The Bertz CT molecular complexity index is 349. The Morgan fingerprint density at radius 2 is 2.29 bits per heavy atom. The zero-order valence-electron chi connectivity index (χ0n) is 9.88. The average Bonchev–Trinajstić information content (AvgIpc) is 2.36. The number of benzene rings is 1. The van der Waals surface area contributed by atoms with Gasteiger partial charge in [0.1, 0.15) is 0 Å². The van der Waals surface area contributed by atoms with E-state index in [-0.39, 0.29) is 17.6 Å². The Labute approximate surface area is 106 Å². The molecule has 0 saturated carbocycles. The van der Waals surface area contributed by atoms with Gasteiger partial charge in [0.2, 0.25) is 0 Å². The first kappa shape index (κ1) is 14.2. The lowest BCUT2D eigenvalue weighted by molar-refractivity contribution is 0.381. The number of ether oxygens (including phenoxy) is 1. The Balaban J connectivity index is 2.72. The first-order valence-corrected chi connectivity index (χ1v) is 6.09. The van der Waals surface area contributed by atoms with Crippen LogP contribution < -0.4 is 16.0 Å². The van der Waals surface area contributed by atoms with Crippen molar-refractivity contribution in [3.63, 3.8) is 0 Å². The molecule has 1 aromatic carbocycles. The van der Waals surface area contributed by atoms with Crippen LogP contribution in [0.15, 0.2) is 18.2 Å². The lowest BCUT2D eigenvalue weighted by Gasteiger charge is -2.16. The first-order chi connectivity index (χ1) is 8.22. The molecule has 0 saturated heterocycles. The van der Waals surface area contributed by atoms with Crippen LogP contribution in [-0.2, 0) is 6.42 Å². The second kappa shape index (κ2) is 7.48. The normalized spacial score (nSPS) is 12.5. The lowest BCUT2D eigenvalue weighted by atomic mass is 10.0. The van der Waals surface area contributed by atoms with Crippen molar-refractivity contribution < 1.29 is 9.13 Å². The molecule has 96 valence electrons. The van der Waals surface area contributed by atoms with Crippen molar-refractivity contribution in [3.05, 3.63) is 29.6 Å². The zero-order valence-corrected chi connectivity index (χ0v) is 10.6. The number of halogens is 2. The second-order valence-corrected chi connectivity index (χ2v) is 4.21. The standard InChI is InChI=1S/C12H18ClFN2O/c1-17-11-6-2-4-9(12(11)14)8-10(16-15)5-3-7-13/h2,4,6,10,16H,3,5,7-8,15H2,1H3. The maximum Gasteiger partial charge on any atom is 0.168 e. The number of nitrogens with two attached hydrogens (primary N) is 1. The largest absolute Gasteiger partial charge is 0.494 e. The van der Waals surface area contributed by atoms with Crippen LogP contribution in [0.4, 0.5) is 4.39 Å². The van der Waals surface area contributed by atoms with E-state index in [0.717, 1.165) is 12.8 Å². The second-order valence-electron chi connectivity index (χ2n) is 3.83. The van der Waals surface area contributed by atoms with Crippen molar-refractivity contribution in [1.29, 1.82) is 0 Å². The van der Waals surface area contributed by atoms with E-state index >= 15 is 0 Å². The number of rotatable bonds is 7. The van der Waals surface area contributed by atoms with Crippen molar-refractivity contribution in [3.8, 4) is 5.75 Å². The van der Waals surface area contributed by atoms with Crippen LogP contribution in [0.25, 0.3) is 0 Å². The Hall–Kier alpha value is -0.840. The number of nitrogens with one attached hydrogen (secondary N) is 1. The monoisotopic (exact) mass is 260 g/mol. The van der Waals surface area contributed by atoms with Crippen LogP contribution in [0, 0.1) is 5.82 Å². The Kier molecular flexibility index (Phi) is 6.26. The topological polar surface area (TPSA) is 47.3 Å². The summed E-state index contributed by atoms with van der Waals surface area (Å²) in [5.41, 5.74) is 3.28.